The van der Waals surface area contributed by atoms with Gasteiger partial charge in [0.15, 0.2) is 11.8 Å². The summed E-state index contributed by atoms with van der Waals surface area (Å²) in [5.41, 5.74) is 0. The predicted molar refractivity (Wildman–Crippen MR) is 95.2 cm³/mol. The van der Waals surface area contributed by atoms with Gasteiger partial charge < -0.3 is 15.2 Å². The van der Waals surface area contributed by atoms with Crippen molar-refractivity contribution in [2.24, 2.45) is 4.99 Å². The van der Waals surface area contributed by atoms with Crippen LogP contribution >= 0.6 is 35.3 Å². The van der Waals surface area contributed by atoms with E-state index < -0.39 is 0 Å². The number of rotatable bonds is 5. The van der Waals surface area contributed by atoms with Gasteiger partial charge in [-0.1, -0.05) is 5.16 Å². The van der Waals surface area contributed by atoms with Crippen molar-refractivity contribution < 1.29 is 4.52 Å². The number of aromatic nitrogens is 2. The molecule has 21 heavy (non-hydrogen) atoms. The van der Waals surface area contributed by atoms with Crippen molar-refractivity contribution in [1.82, 2.24) is 20.8 Å². The first kappa shape index (κ1) is 17.9. The van der Waals surface area contributed by atoms with Gasteiger partial charge in [0.25, 0.3) is 0 Å². The van der Waals surface area contributed by atoms with E-state index in [0.717, 1.165) is 19.0 Å². The molecule has 2 N–H and O–H groups in total. The average Bonchev–Trinajstić information content (AvgIpc) is 3.02. The fraction of sp³-hybridized carbons (Fsp3) is 0.462. The maximum Gasteiger partial charge on any atom is 0.248 e. The molecule has 0 saturated heterocycles. The topological polar surface area (TPSA) is 75.3 Å². The molecule has 0 aromatic carbocycles. The number of hydrogen-bond acceptors (Lipinski definition) is 5. The third-order valence-corrected chi connectivity index (χ3v) is 3.51. The third-order valence-electron chi connectivity index (χ3n) is 2.51. The Morgan fingerprint density at radius 3 is 2.71 bits per heavy atom. The molecule has 0 radical (unpaired) electrons. The summed E-state index contributed by atoms with van der Waals surface area (Å²) in [5.74, 6) is 1.89. The molecule has 2 aromatic heterocycles. The van der Waals surface area contributed by atoms with Gasteiger partial charge in [-0.15, -0.1) is 35.3 Å². The van der Waals surface area contributed by atoms with Crippen molar-refractivity contribution in [3.8, 4) is 0 Å². The monoisotopic (exact) mass is 421 g/mol. The van der Waals surface area contributed by atoms with Gasteiger partial charge in [-0.3, -0.25) is 0 Å². The van der Waals surface area contributed by atoms with E-state index >= 15 is 0 Å². The SMILES string of the molecule is CCNC(=NCc1nc(C)no1)NCc1ccc(C)s1.I. The molecule has 116 valence electrons. The van der Waals surface area contributed by atoms with E-state index in [1.807, 2.05) is 6.92 Å². The largest absolute Gasteiger partial charge is 0.357 e. The minimum absolute atomic E-state index is 0. The van der Waals surface area contributed by atoms with E-state index in [2.05, 4.69) is 44.8 Å². The molecule has 0 spiro atoms. The molecule has 0 fully saturated rings. The molecule has 2 heterocycles. The molecule has 0 unspecified atom stereocenters. The van der Waals surface area contributed by atoms with E-state index in [1.165, 1.54) is 9.75 Å². The molecule has 2 aromatic rings. The summed E-state index contributed by atoms with van der Waals surface area (Å²) >= 11 is 1.78. The maximum absolute atomic E-state index is 5.04. The Hall–Kier alpha value is -1.16. The third kappa shape index (κ3) is 6.00. The summed E-state index contributed by atoms with van der Waals surface area (Å²) in [6.07, 6.45) is 0. The number of halogens is 1. The first-order valence-corrected chi connectivity index (χ1v) is 7.35. The smallest absolute Gasteiger partial charge is 0.248 e. The second-order valence-electron chi connectivity index (χ2n) is 4.30. The Morgan fingerprint density at radius 1 is 1.33 bits per heavy atom. The molecule has 0 atom stereocenters. The summed E-state index contributed by atoms with van der Waals surface area (Å²) in [6, 6.07) is 4.24. The number of aliphatic imine (C=N–C) groups is 1. The van der Waals surface area contributed by atoms with Gasteiger partial charge in [0.2, 0.25) is 5.89 Å². The lowest BCUT2D eigenvalue weighted by Crippen LogP contribution is -2.36. The van der Waals surface area contributed by atoms with Crippen LogP contribution in [0.5, 0.6) is 0 Å². The molecule has 0 aliphatic heterocycles. The van der Waals surface area contributed by atoms with Crippen LogP contribution in [-0.4, -0.2) is 22.6 Å². The van der Waals surface area contributed by atoms with Crippen LogP contribution < -0.4 is 10.6 Å². The molecule has 0 saturated carbocycles. The zero-order chi connectivity index (χ0) is 14.4. The van der Waals surface area contributed by atoms with Crippen LogP contribution in [0.4, 0.5) is 0 Å². The molecule has 0 amide bonds. The van der Waals surface area contributed by atoms with E-state index in [-0.39, 0.29) is 24.0 Å². The standard InChI is InChI=1S/C13H19N5OS.HI/c1-4-14-13(15-7-11-6-5-9(2)20-11)16-8-12-17-10(3)18-19-12;/h5-6H,4,7-8H2,1-3H3,(H2,14,15,16);1H. The van der Waals surface area contributed by atoms with Crippen LogP contribution in [0.25, 0.3) is 0 Å². The van der Waals surface area contributed by atoms with Crippen molar-refractivity contribution >= 4 is 41.3 Å². The Kier molecular flexibility index (Phi) is 7.65. The molecule has 0 aliphatic rings. The fourth-order valence-corrected chi connectivity index (χ4v) is 2.47. The molecule has 6 nitrogen and oxygen atoms in total. The fourth-order valence-electron chi connectivity index (χ4n) is 1.64. The average molecular weight is 421 g/mol. The van der Waals surface area contributed by atoms with Gasteiger partial charge in [0.05, 0.1) is 6.54 Å². The molecule has 8 heteroatoms. The highest BCUT2D eigenvalue weighted by molar-refractivity contribution is 14.0. The second kappa shape index (κ2) is 8.98. The van der Waals surface area contributed by atoms with Gasteiger partial charge in [-0.05, 0) is 32.9 Å². The summed E-state index contributed by atoms with van der Waals surface area (Å²) in [5, 5.41) is 10.2. The van der Waals surface area contributed by atoms with Gasteiger partial charge >= 0.3 is 0 Å². The summed E-state index contributed by atoms with van der Waals surface area (Å²) in [4.78, 5) is 11.1. The van der Waals surface area contributed by atoms with Gasteiger partial charge in [0, 0.05) is 16.3 Å². The van der Waals surface area contributed by atoms with Crippen molar-refractivity contribution in [3.63, 3.8) is 0 Å². The Morgan fingerprint density at radius 2 is 2.14 bits per heavy atom. The summed E-state index contributed by atoms with van der Waals surface area (Å²) in [7, 11) is 0. The highest BCUT2D eigenvalue weighted by Crippen LogP contribution is 2.14. The Labute approximate surface area is 145 Å². The minimum Gasteiger partial charge on any atom is -0.357 e. The van der Waals surface area contributed by atoms with E-state index in [4.69, 9.17) is 4.52 Å². The minimum atomic E-state index is 0. The lowest BCUT2D eigenvalue weighted by molar-refractivity contribution is 0.376. The van der Waals surface area contributed by atoms with Gasteiger partial charge in [0.1, 0.15) is 6.54 Å². The quantitative estimate of drug-likeness (QED) is 0.441. The van der Waals surface area contributed by atoms with Crippen molar-refractivity contribution in [2.75, 3.05) is 6.54 Å². The van der Waals surface area contributed by atoms with Crippen molar-refractivity contribution in [3.05, 3.63) is 33.6 Å². The molecule has 2 rings (SSSR count). The summed E-state index contributed by atoms with van der Waals surface area (Å²) in [6.45, 7) is 7.86. The molecule has 0 bridgehead atoms. The molecular weight excluding hydrogens is 401 g/mol. The summed E-state index contributed by atoms with van der Waals surface area (Å²) < 4.78 is 5.04. The number of guanidine groups is 1. The highest BCUT2D eigenvalue weighted by Gasteiger charge is 2.03. The van der Waals surface area contributed by atoms with E-state index in [0.29, 0.717) is 18.3 Å². The second-order valence-corrected chi connectivity index (χ2v) is 5.67. The van der Waals surface area contributed by atoms with Crippen molar-refractivity contribution in [1.29, 1.82) is 0 Å². The lowest BCUT2D eigenvalue weighted by Gasteiger charge is -2.09. The first-order chi connectivity index (χ1) is 9.67. The Bertz CT molecular complexity index is 581. The van der Waals surface area contributed by atoms with Crippen molar-refractivity contribution in [2.45, 2.75) is 33.9 Å². The maximum atomic E-state index is 5.04. The number of hydrogen-bond donors (Lipinski definition) is 2. The zero-order valence-electron chi connectivity index (χ0n) is 12.3. The normalized spacial score (nSPS) is 11.1. The Balaban J connectivity index is 0.00000220. The van der Waals surface area contributed by atoms with Gasteiger partial charge in [-0.2, -0.15) is 4.98 Å². The molecule has 0 aliphatic carbocycles. The van der Waals surface area contributed by atoms with Crippen LogP contribution in [0.1, 0.15) is 28.4 Å². The predicted octanol–water partition coefficient (Wildman–Crippen LogP) is 2.62. The first-order valence-electron chi connectivity index (χ1n) is 6.54. The number of nitrogens with zero attached hydrogens (tertiary/aromatic N) is 3. The van der Waals surface area contributed by atoms with Crippen LogP contribution in [-0.2, 0) is 13.1 Å². The van der Waals surface area contributed by atoms with Crippen LogP contribution in [0.2, 0.25) is 0 Å². The molecular formula is C13H20IN5OS. The van der Waals surface area contributed by atoms with Crippen LogP contribution in [0.3, 0.4) is 0 Å². The lowest BCUT2D eigenvalue weighted by atomic mass is 10.4. The van der Waals surface area contributed by atoms with E-state index in [9.17, 15) is 0 Å². The number of nitrogens with one attached hydrogen (secondary N) is 2. The van der Waals surface area contributed by atoms with Crippen LogP contribution in [0.15, 0.2) is 21.6 Å². The van der Waals surface area contributed by atoms with E-state index in [1.54, 1.807) is 18.3 Å². The van der Waals surface area contributed by atoms with Gasteiger partial charge in [-0.25, -0.2) is 4.99 Å². The number of thiophene rings is 1. The number of aryl methyl sites for hydroxylation is 2. The zero-order valence-corrected chi connectivity index (χ0v) is 15.5. The highest BCUT2D eigenvalue weighted by atomic mass is 127. The van der Waals surface area contributed by atoms with Crippen LogP contribution in [0, 0.1) is 13.8 Å².